The van der Waals surface area contributed by atoms with E-state index >= 15 is 0 Å². The zero-order valence-corrected chi connectivity index (χ0v) is 20.9. The van der Waals surface area contributed by atoms with Crippen LogP contribution in [0, 0.1) is 6.92 Å². The van der Waals surface area contributed by atoms with Crippen molar-refractivity contribution in [1.82, 2.24) is 29.8 Å². The van der Waals surface area contributed by atoms with Gasteiger partial charge in [0.1, 0.15) is 23.4 Å². The SMILES string of the molecule is Cc1nc(-c2nc(-c3ccc(OC(C)(F)F)cc3)no2)nn1Cc1cccc(OC2CCN(C)CC2)c1. The third-order valence-corrected chi connectivity index (χ3v) is 6.08. The van der Waals surface area contributed by atoms with E-state index in [0.717, 1.165) is 37.2 Å². The highest BCUT2D eigenvalue weighted by Gasteiger charge is 2.23. The highest BCUT2D eigenvalue weighted by molar-refractivity contribution is 5.57. The van der Waals surface area contributed by atoms with Gasteiger partial charge in [0.05, 0.1) is 6.54 Å². The smallest absolute Gasteiger partial charge is 0.394 e. The largest absolute Gasteiger partial charge is 0.490 e. The Hall–Kier alpha value is -3.86. The predicted molar refractivity (Wildman–Crippen MR) is 131 cm³/mol. The summed E-state index contributed by atoms with van der Waals surface area (Å²) in [6, 6.07) is 14.0. The Bertz CT molecular complexity index is 1340. The summed E-state index contributed by atoms with van der Waals surface area (Å²) < 4.78 is 44.0. The van der Waals surface area contributed by atoms with Crippen LogP contribution in [-0.2, 0) is 6.54 Å². The molecule has 0 atom stereocenters. The molecule has 4 aromatic rings. The van der Waals surface area contributed by atoms with Gasteiger partial charge in [0, 0.05) is 25.6 Å². The van der Waals surface area contributed by atoms with Gasteiger partial charge < -0.3 is 18.9 Å². The summed E-state index contributed by atoms with van der Waals surface area (Å²) >= 11 is 0. The number of aryl methyl sites for hydroxylation is 1. The molecule has 0 unspecified atom stereocenters. The third kappa shape index (κ3) is 6.29. The van der Waals surface area contributed by atoms with Crippen molar-refractivity contribution in [2.45, 2.75) is 45.4 Å². The minimum absolute atomic E-state index is 0.0387. The van der Waals surface area contributed by atoms with E-state index in [1.165, 1.54) is 12.1 Å². The average molecular weight is 511 g/mol. The Morgan fingerprint density at radius 2 is 1.78 bits per heavy atom. The molecule has 1 aliphatic heterocycles. The molecule has 9 nitrogen and oxygen atoms in total. The highest BCUT2D eigenvalue weighted by Crippen LogP contribution is 2.26. The van der Waals surface area contributed by atoms with Gasteiger partial charge in [0.25, 0.3) is 5.89 Å². The first-order valence-electron chi connectivity index (χ1n) is 12.1. The first kappa shape index (κ1) is 24.8. The van der Waals surface area contributed by atoms with Gasteiger partial charge in [-0.05, 0) is 68.8 Å². The van der Waals surface area contributed by atoms with Gasteiger partial charge in [0.15, 0.2) is 0 Å². The number of rotatable bonds is 8. The molecule has 0 amide bonds. The molecule has 5 rings (SSSR count). The van der Waals surface area contributed by atoms with Crippen LogP contribution in [0.4, 0.5) is 8.78 Å². The molecule has 2 aromatic carbocycles. The summed E-state index contributed by atoms with van der Waals surface area (Å²) in [7, 11) is 2.13. The summed E-state index contributed by atoms with van der Waals surface area (Å²) in [5.41, 5.74) is 1.62. The maximum atomic E-state index is 13.0. The van der Waals surface area contributed by atoms with Gasteiger partial charge in [-0.25, -0.2) is 9.67 Å². The third-order valence-electron chi connectivity index (χ3n) is 6.08. The van der Waals surface area contributed by atoms with Gasteiger partial charge >= 0.3 is 6.11 Å². The van der Waals surface area contributed by atoms with E-state index in [2.05, 4.69) is 36.9 Å². The second kappa shape index (κ2) is 10.3. The molecule has 0 bridgehead atoms. The van der Waals surface area contributed by atoms with Crippen LogP contribution in [0.15, 0.2) is 53.1 Å². The van der Waals surface area contributed by atoms with E-state index in [1.807, 2.05) is 31.2 Å². The fourth-order valence-electron chi connectivity index (χ4n) is 4.16. The van der Waals surface area contributed by atoms with Gasteiger partial charge in [-0.3, -0.25) is 0 Å². The number of piperidine rings is 1. The number of nitrogens with zero attached hydrogens (tertiary/aromatic N) is 6. The fourth-order valence-corrected chi connectivity index (χ4v) is 4.16. The predicted octanol–water partition coefficient (Wildman–Crippen LogP) is 4.82. The lowest BCUT2D eigenvalue weighted by Gasteiger charge is -2.29. The topological polar surface area (TPSA) is 91.3 Å². The lowest BCUT2D eigenvalue weighted by Crippen LogP contribution is -2.35. The average Bonchev–Trinajstić information content (AvgIpc) is 3.48. The van der Waals surface area contributed by atoms with Crippen LogP contribution in [-0.4, -0.2) is 62.2 Å². The second-order valence-electron chi connectivity index (χ2n) is 9.27. The zero-order valence-electron chi connectivity index (χ0n) is 20.9. The van der Waals surface area contributed by atoms with E-state index in [4.69, 9.17) is 9.26 Å². The van der Waals surface area contributed by atoms with Gasteiger partial charge in [-0.2, -0.15) is 13.8 Å². The van der Waals surface area contributed by atoms with E-state index in [1.54, 1.807) is 16.8 Å². The molecule has 194 valence electrons. The maximum Gasteiger partial charge on any atom is 0.394 e. The zero-order chi connectivity index (χ0) is 26.0. The van der Waals surface area contributed by atoms with Gasteiger partial charge in [-0.1, -0.05) is 17.3 Å². The van der Waals surface area contributed by atoms with Crippen molar-refractivity contribution in [1.29, 1.82) is 0 Å². The molecule has 0 saturated carbocycles. The molecule has 1 saturated heterocycles. The van der Waals surface area contributed by atoms with Crippen LogP contribution in [0.3, 0.4) is 0 Å². The Morgan fingerprint density at radius 1 is 1.03 bits per heavy atom. The summed E-state index contributed by atoms with van der Waals surface area (Å²) in [4.78, 5) is 11.2. The molecular formula is C26H28F2N6O3. The molecule has 0 N–H and O–H groups in total. The molecule has 1 aliphatic rings. The first-order chi connectivity index (χ1) is 17.7. The quantitative estimate of drug-likeness (QED) is 0.333. The van der Waals surface area contributed by atoms with Crippen LogP contribution < -0.4 is 9.47 Å². The van der Waals surface area contributed by atoms with E-state index < -0.39 is 6.11 Å². The fraction of sp³-hybridized carbons (Fsp3) is 0.385. The van der Waals surface area contributed by atoms with Gasteiger partial charge in [-0.15, -0.1) is 5.10 Å². The van der Waals surface area contributed by atoms with Gasteiger partial charge in [0.2, 0.25) is 11.6 Å². The van der Waals surface area contributed by atoms with Crippen molar-refractivity contribution < 1.29 is 22.8 Å². The summed E-state index contributed by atoms with van der Waals surface area (Å²) in [5.74, 6) is 2.34. The minimum atomic E-state index is -3.26. The Kier molecular flexibility index (Phi) is 6.88. The van der Waals surface area contributed by atoms with Crippen molar-refractivity contribution >= 4 is 0 Å². The van der Waals surface area contributed by atoms with Crippen LogP contribution in [0.25, 0.3) is 23.1 Å². The van der Waals surface area contributed by atoms with Crippen LogP contribution >= 0.6 is 0 Å². The molecule has 37 heavy (non-hydrogen) atoms. The number of halogens is 2. The molecule has 3 heterocycles. The first-order valence-corrected chi connectivity index (χ1v) is 12.1. The molecule has 11 heteroatoms. The monoisotopic (exact) mass is 510 g/mol. The van der Waals surface area contributed by atoms with Crippen LogP contribution in [0.2, 0.25) is 0 Å². The van der Waals surface area contributed by atoms with Crippen LogP contribution in [0.5, 0.6) is 11.5 Å². The second-order valence-corrected chi connectivity index (χ2v) is 9.27. The number of likely N-dealkylation sites (tertiary alicyclic amines) is 1. The lowest BCUT2D eigenvalue weighted by molar-refractivity contribution is -0.158. The van der Waals surface area contributed by atoms with Crippen molar-refractivity contribution in [3.8, 4) is 34.6 Å². The molecule has 2 aromatic heterocycles. The minimum Gasteiger partial charge on any atom is -0.490 e. The standard InChI is InChI=1S/C26H28F2N6O3/c1-17-29-24(25-30-23(32-37-25)19-7-9-21(10-8-19)36-26(2,27)28)31-34(17)16-18-5-4-6-22(15-18)35-20-11-13-33(3)14-12-20/h4-10,15,20H,11-14,16H2,1-3H3. The lowest BCUT2D eigenvalue weighted by atomic mass is 10.1. The number of hydrogen-bond acceptors (Lipinski definition) is 8. The number of ether oxygens (including phenoxy) is 2. The molecule has 0 radical (unpaired) electrons. The van der Waals surface area contributed by atoms with E-state index in [9.17, 15) is 8.78 Å². The van der Waals surface area contributed by atoms with E-state index in [-0.39, 0.29) is 23.6 Å². The number of benzene rings is 2. The Morgan fingerprint density at radius 3 is 2.51 bits per heavy atom. The molecule has 1 fully saturated rings. The Labute approximate surface area is 213 Å². The van der Waals surface area contributed by atoms with E-state index in [0.29, 0.717) is 30.7 Å². The highest BCUT2D eigenvalue weighted by atomic mass is 19.3. The number of hydrogen-bond donors (Lipinski definition) is 0. The Balaban J connectivity index is 1.26. The van der Waals surface area contributed by atoms with Crippen molar-refractivity contribution in [2.24, 2.45) is 0 Å². The normalized spacial score (nSPS) is 15.2. The molecular weight excluding hydrogens is 482 g/mol. The molecule has 0 aliphatic carbocycles. The molecule has 0 spiro atoms. The maximum absolute atomic E-state index is 13.0. The van der Waals surface area contributed by atoms with Crippen molar-refractivity contribution in [2.75, 3.05) is 20.1 Å². The number of aromatic nitrogens is 5. The van der Waals surface area contributed by atoms with Crippen molar-refractivity contribution in [3.63, 3.8) is 0 Å². The number of alkyl halides is 2. The van der Waals surface area contributed by atoms with Crippen LogP contribution in [0.1, 0.15) is 31.2 Å². The summed E-state index contributed by atoms with van der Waals surface area (Å²) in [6.45, 7) is 5.13. The summed E-state index contributed by atoms with van der Waals surface area (Å²) in [6.07, 6.45) is -0.991. The van der Waals surface area contributed by atoms with Crippen molar-refractivity contribution in [3.05, 3.63) is 59.9 Å². The summed E-state index contributed by atoms with van der Waals surface area (Å²) in [5, 5.41) is 8.53.